The van der Waals surface area contributed by atoms with E-state index in [-0.39, 0.29) is 83.3 Å². The van der Waals surface area contributed by atoms with E-state index in [9.17, 15) is 19.5 Å². The van der Waals surface area contributed by atoms with Gasteiger partial charge in [0.2, 0.25) is 5.91 Å². The van der Waals surface area contributed by atoms with Crippen LogP contribution in [0.15, 0.2) is 54.0 Å². The molecule has 2 bridgehead atoms. The number of ether oxygens (including phenoxy) is 2. The Labute approximate surface area is 299 Å². The molecule has 0 aliphatic carbocycles. The second-order valence-corrected chi connectivity index (χ2v) is 14.7. The van der Waals surface area contributed by atoms with E-state index in [0.29, 0.717) is 5.69 Å². The molecule has 0 radical (unpaired) electrons. The molecule has 3 atom stereocenters. The van der Waals surface area contributed by atoms with Crippen molar-refractivity contribution in [1.29, 1.82) is 0 Å². The molecule has 12 nitrogen and oxygen atoms in total. The number of nitrogens with zero attached hydrogens (tertiary/aromatic N) is 6. The summed E-state index contributed by atoms with van der Waals surface area (Å²) in [5.74, 6) is -2.94. The Bertz CT molecular complexity index is 2130. The first kappa shape index (κ1) is 36.5. The van der Waals surface area contributed by atoms with Crippen molar-refractivity contribution >= 4 is 28.7 Å². The van der Waals surface area contributed by atoms with E-state index in [1.54, 1.807) is 9.80 Å². The smallest absolute Gasteiger partial charge is 0.355 e. The molecule has 2 aliphatic heterocycles. The Morgan fingerprint density at radius 1 is 1.15 bits per heavy atom. The molecule has 5 heterocycles. The summed E-state index contributed by atoms with van der Waals surface area (Å²) in [6.07, 6.45) is -0.196. The molecule has 2 unspecified atom stereocenters. The van der Waals surface area contributed by atoms with Crippen LogP contribution in [0.25, 0.3) is 28.0 Å². The molecule has 52 heavy (non-hydrogen) atoms. The molecule has 1 aromatic carbocycles. The van der Waals surface area contributed by atoms with Gasteiger partial charge in [-0.1, -0.05) is 47.3 Å². The van der Waals surface area contributed by atoms with Crippen molar-refractivity contribution in [2.75, 3.05) is 31.1 Å². The zero-order valence-corrected chi connectivity index (χ0v) is 30.0. The number of carbonyl (C=O) groups excluding carboxylic acids is 2. The number of carbonyl (C=O) groups is 2. The number of fused-ring (bicyclic) bond motifs is 5. The monoisotopic (exact) mass is 716 g/mol. The number of aromatic nitrogens is 4. The maximum atomic E-state index is 16.4. The number of piperazine rings is 1. The first-order valence-electron chi connectivity index (χ1n) is 17.2. The lowest BCUT2D eigenvalue weighted by molar-refractivity contribution is -0.159. The van der Waals surface area contributed by atoms with Gasteiger partial charge in [0, 0.05) is 37.4 Å². The molecule has 2 aliphatic rings. The molecule has 6 rings (SSSR count). The van der Waals surface area contributed by atoms with Crippen LogP contribution in [0.1, 0.15) is 71.2 Å². The fraction of sp³-hybridized carbons (Fsp3) is 0.421. The van der Waals surface area contributed by atoms with Gasteiger partial charge in [-0.15, -0.1) is 0 Å². The predicted octanol–water partition coefficient (Wildman–Crippen LogP) is 5.24. The highest BCUT2D eigenvalue weighted by molar-refractivity contribution is 5.91. The van der Waals surface area contributed by atoms with Crippen LogP contribution in [-0.4, -0.2) is 79.8 Å². The summed E-state index contributed by atoms with van der Waals surface area (Å²) in [6, 6.07) is 6.25. The third kappa shape index (κ3) is 6.86. The first-order chi connectivity index (χ1) is 24.6. The average Bonchev–Trinajstić information content (AvgIpc) is 3.07. The van der Waals surface area contributed by atoms with Crippen molar-refractivity contribution in [2.45, 2.75) is 72.1 Å². The number of hydrogen-bond acceptors (Lipinski definition) is 10. The van der Waals surface area contributed by atoms with Crippen LogP contribution in [-0.2, 0) is 14.3 Å². The van der Waals surface area contributed by atoms with E-state index in [4.69, 9.17) is 9.47 Å². The van der Waals surface area contributed by atoms with Gasteiger partial charge in [0.05, 0.1) is 28.8 Å². The van der Waals surface area contributed by atoms with Crippen LogP contribution in [0.3, 0.4) is 0 Å². The third-order valence-corrected chi connectivity index (χ3v) is 9.15. The maximum Gasteiger partial charge on any atom is 0.355 e. The minimum Gasteiger partial charge on any atom is -0.490 e. The molecule has 1 N–H and O–H groups in total. The summed E-state index contributed by atoms with van der Waals surface area (Å²) in [4.78, 5) is 57.5. The number of aliphatic hydroxyl groups excluding tert-OH is 1. The third-order valence-electron chi connectivity index (χ3n) is 9.15. The zero-order valence-electron chi connectivity index (χ0n) is 30.0. The standard InChI is InChI=1S/C38H42F2N6O6/c1-8-28(48)44-14-15-45(21(4)18-44)35-23-16-25(40)32-30-24(39)10-9-11-27(30)51-19-26(47)34(52-29(49)17-38(5,6)7)22-12-13-41-31(20(2)3)33(22)46(36(23)42-32)37(50)43-35/h8-13,16,20-21,26,34,47H,1,14-15,17-19H2,2-7H3/t21-,26?,34?/m0/s1. The van der Waals surface area contributed by atoms with E-state index in [2.05, 4.69) is 21.5 Å². The van der Waals surface area contributed by atoms with E-state index < -0.39 is 53.2 Å². The summed E-state index contributed by atoms with van der Waals surface area (Å²) >= 11 is 0. The largest absolute Gasteiger partial charge is 0.490 e. The summed E-state index contributed by atoms with van der Waals surface area (Å²) < 4.78 is 45.3. The van der Waals surface area contributed by atoms with Crippen LogP contribution in [0.2, 0.25) is 0 Å². The number of pyridine rings is 2. The maximum absolute atomic E-state index is 16.4. The van der Waals surface area contributed by atoms with Crippen molar-refractivity contribution in [3.8, 4) is 22.7 Å². The van der Waals surface area contributed by atoms with Gasteiger partial charge in [-0.3, -0.25) is 14.6 Å². The van der Waals surface area contributed by atoms with Gasteiger partial charge in [-0.2, -0.15) is 4.98 Å². The normalized spacial score (nSPS) is 19.0. The van der Waals surface area contributed by atoms with Gasteiger partial charge in [0.1, 0.15) is 35.8 Å². The van der Waals surface area contributed by atoms with Crippen LogP contribution >= 0.6 is 0 Å². The Balaban J connectivity index is 1.70. The van der Waals surface area contributed by atoms with Crippen LogP contribution in [0.4, 0.5) is 14.6 Å². The number of esters is 1. The fourth-order valence-corrected chi connectivity index (χ4v) is 6.77. The van der Waals surface area contributed by atoms with Crippen molar-refractivity contribution < 1.29 is 33.0 Å². The van der Waals surface area contributed by atoms with Crippen LogP contribution in [0, 0.1) is 17.0 Å². The summed E-state index contributed by atoms with van der Waals surface area (Å²) in [5.41, 5.74) is -1.39. The summed E-state index contributed by atoms with van der Waals surface area (Å²) in [6.45, 7) is 15.1. The molecule has 0 spiro atoms. The molecule has 1 saturated heterocycles. The van der Waals surface area contributed by atoms with Gasteiger partial charge in [-0.05, 0) is 48.6 Å². The highest BCUT2D eigenvalue weighted by Gasteiger charge is 2.36. The van der Waals surface area contributed by atoms with E-state index in [0.717, 1.165) is 12.1 Å². The lowest BCUT2D eigenvalue weighted by Crippen LogP contribution is -2.54. The fourth-order valence-electron chi connectivity index (χ4n) is 6.77. The van der Waals surface area contributed by atoms with E-state index in [1.165, 1.54) is 35.0 Å². The molecule has 1 amide bonds. The summed E-state index contributed by atoms with van der Waals surface area (Å²) in [7, 11) is 0. The number of amides is 1. The van der Waals surface area contributed by atoms with Gasteiger partial charge < -0.3 is 24.4 Å². The molecular formula is C38H42F2N6O6. The van der Waals surface area contributed by atoms with E-state index in [1.807, 2.05) is 41.5 Å². The topological polar surface area (TPSA) is 140 Å². The number of hydrogen-bond donors (Lipinski definition) is 1. The second-order valence-electron chi connectivity index (χ2n) is 14.7. The number of anilines is 1. The minimum atomic E-state index is -1.54. The molecular weight excluding hydrogens is 674 g/mol. The van der Waals surface area contributed by atoms with Crippen molar-refractivity contribution in [2.24, 2.45) is 5.41 Å². The molecule has 274 valence electrons. The first-order valence-corrected chi connectivity index (χ1v) is 17.2. The molecule has 3 aromatic heterocycles. The van der Waals surface area contributed by atoms with E-state index >= 15 is 8.78 Å². The number of rotatable bonds is 5. The highest BCUT2D eigenvalue weighted by atomic mass is 19.1. The highest BCUT2D eigenvalue weighted by Crippen LogP contribution is 2.40. The summed E-state index contributed by atoms with van der Waals surface area (Å²) in [5, 5.41) is 11.8. The van der Waals surface area contributed by atoms with Gasteiger partial charge in [0.15, 0.2) is 17.6 Å². The predicted molar refractivity (Wildman–Crippen MR) is 190 cm³/mol. The van der Waals surface area contributed by atoms with Gasteiger partial charge >= 0.3 is 11.7 Å². The van der Waals surface area contributed by atoms with Crippen molar-refractivity contribution in [1.82, 2.24) is 24.4 Å². The molecule has 0 saturated carbocycles. The Morgan fingerprint density at radius 3 is 2.58 bits per heavy atom. The quantitative estimate of drug-likeness (QED) is 0.216. The van der Waals surface area contributed by atoms with Crippen LogP contribution < -0.4 is 15.3 Å². The lowest BCUT2D eigenvalue weighted by Gasteiger charge is -2.40. The Hall–Kier alpha value is -5.24. The molecule has 1 fully saturated rings. The van der Waals surface area contributed by atoms with Gasteiger partial charge in [-0.25, -0.2) is 23.1 Å². The number of halogens is 2. The lowest BCUT2D eigenvalue weighted by atomic mass is 9.92. The Morgan fingerprint density at radius 2 is 1.90 bits per heavy atom. The Kier molecular flexibility index (Phi) is 9.88. The zero-order chi connectivity index (χ0) is 37.6. The molecule has 4 aromatic rings. The SMILES string of the molecule is C=CC(=O)N1CCN(c2nc(=O)n3c4nc(c(F)cc24)-c2c(F)cccc2OCC(O)C(OC(=O)CC(C)(C)C)c2ccnc(C(C)C)c2-3)[C@@H](C)C1. The number of aliphatic hydroxyl groups is 1. The van der Waals surface area contributed by atoms with Crippen LogP contribution in [0.5, 0.6) is 5.75 Å². The minimum absolute atomic E-state index is 0.00967. The molecule has 14 heteroatoms. The van der Waals surface area contributed by atoms with Crippen molar-refractivity contribution in [3.05, 3.63) is 82.6 Å². The van der Waals surface area contributed by atoms with Gasteiger partial charge in [0.25, 0.3) is 0 Å². The average molecular weight is 717 g/mol. The second kappa shape index (κ2) is 14.1. The number of benzene rings is 1. The van der Waals surface area contributed by atoms with Crippen molar-refractivity contribution in [3.63, 3.8) is 0 Å².